The average Bonchev–Trinajstić information content (AvgIpc) is 2.69. The Balaban J connectivity index is 1.50. The van der Waals surface area contributed by atoms with E-state index in [9.17, 15) is 10.2 Å². The van der Waals surface area contributed by atoms with E-state index in [1.165, 1.54) is 6.42 Å². The maximum Gasteiger partial charge on any atom is 0.134 e. The van der Waals surface area contributed by atoms with Crippen LogP contribution in [0.2, 0.25) is 0 Å². The summed E-state index contributed by atoms with van der Waals surface area (Å²) in [6, 6.07) is 2.46. The summed E-state index contributed by atoms with van der Waals surface area (Å²) in [5, 5.41) is 19.8. The second-order valence-electron chi connectivity index (χ2n) is 8.27. The van der Waals surface area contributed by atoms with Gasteiger partial charge in [-0.25, -0.2) is 9.97 Å². The molecule has 1 aromatic heterocycles. The second-order valence-corrected chi connectivity index (χ2v) is 8.27. The van der Waals surface area contributed by atoms with E-state index in [0.29, 0.717) is 6.04 Å². The summed E-state index contributed by atoms with van der Waals surface area (Å²) in [6.07, 6.45) is 6.39. The third-order valence-electron chi connectivity index (χ3n) is 6.76. The summed E-state index contributed by atoms with van der Waals surface area (Å²) in [6.45, 7) is 4.91. The highest BCUT2D eigenvalue weighted by Crippen LogP contribution is 2.42. The molecule has 2 N–H and O–H groups in total. The Hall–Kier alpha value is -1.44. The minimum atomic E-state index is -0.178. The van der Waals surface area contributed by atoms with E-state index in [2.05, 4.69) is 37.8 Å². The lowest BCUT2D eigenvalue weighted by Crippen LogP contribution is -2.61. The number of hydrogen-bond donors (Lipinski definition) is 2. The van der Waals surface area contributed by atoms with Crippen molar-refractivity contribution in [1.82, 2.24) is 14.9 Å². The molecule has 3 aliphatic heterocycles. The van der Waals surface area contributed by atoms with Crippen LogP contribution in [0, 0.1) is 5.41 Å². The van der Waals surface area contributed by atoms with E-state index < -0.39 is 0 Å². The van der Waals surface area contributed by atoms with Crippen LogP contribution in [0.4, 0.5) is 11.6 Å². The van der Waals surface area contributed by atoms with E-state index in [-0.39, 0.29) is 18.1 Å². The number of fused-ring (bicyclic) bond motifs is 1. The van der Waals surface area contributed by atoms with Crippen LogP contribution >= 0.6 is 0 Å². The Bertz CT molecular complexity index is 622. The normalized spacial score (nSPS) is 31.1. The second kappa shape index (κ2) is 7.29. The van der Waals surface area contributed by atoms with Gasteiger partial charge < -0.3 is 24.9 Å². The van der Waals surface area contributed by atoms with Gasteiger partial charge in [0.2, 0.25) is 0 Å². The van der Waals surface area contributed by atoms with Crippen molar-refractivity contribution in [1.29, 1.82) is 0 Å². The lowest BCUT2D eigenvalue weighted by Gasteiger charge is -2.53. The van der Waals surface area contributed by atoms with Gasteiger partial charge in [0.05, 0.1) is 12.7 Å². The molecule has 4 heterocycles. The highest BCUT2D eigenvalue weighted by Gasteiger charge is 2.46. The number of aromatic nitrogens is 2. The van der Waals surface area contributed by atoms with Crippen molar-refractivity contribution in [2.24, 2.45) is 5.41 Å². The molecule has 0 spiro atoms. The summed E-state index contributed by atoms with van der Waals surface area (Å²) >= 11 is 0. The molecule has 7 nitrogen and oxygen atoms in total. The molecule has 7 heteroatoms. The van der Waals surface area contributed by atoms with Crippen molar-refractivity contribution in [3.63, 3.8) is 0 Å². The molecule has 0 unspecified atom stereocenters. The van der Waals surface area contributed by atoms with Crippen LogP contribution in [0.25, 0.3) is 0 Å². The monoisotopic (exact) mass is 361 g/mol. The minimum absolute atomic E-state index is 0.0440. The molecule has 0 aliphatic carbocycles. The number of aliphatic hydroxyl groups is 2. The summed E-state index contributed by atoms with van der Waals surface area (Å²) < 4.78 is 0. The third kappa shape index (κ3) is 3.28. The van der Waals surface area contributed by atoms with E-state index in [0.717, 1.165) is 70.0 Å². The van der Waals surface area contributed by atoms with Gasteiger partial charge in [0, 0.05) is 43.7 Å². The highest BCUT2D eigenvalue weighted by molar-refractivity contribution is 5.51. The number of likely N-dealkylation sites (N-methyl/N-ethyl adjacent to an activating group) is 1. The van der Waals surface area contributed by atoms with Gasteiger partial charge in [0.15, 0.2) is 0 Å². The molecule has 144 valence electrons. The van der Waals surface area contributed by atoms with Crippen molar-refractivity contribution in [3.05, 3.63) is 12.4 Å². The number of rotatable bonds is 3. The molecule has 26 heavy (non-hydrogen) atoms. The van der Waals surface area contributed by atoms with Gasteiger partial charge in [-0.3, -0.25) is 0 Å². The van der Waals surface area contributed by atoms with Crippen LogP contribution in [0.1, 0.15) is 32.1 Å². The minimum Gasteiger partial charge on any atom is -0.396 e. The van der Waals surface area contributed by atoms with E-state index in [1.54, 1.807) is 6.33 Å². The zero-order valence-corrected chi connectivity index (χ0v) is 15.7. The summed E-state index contributed by atoms with van der Waals surface area (Å²) in [7, 11) is 2.18. The van der Waals surface area contributed by atoms with Gasteiger partial charge in [-0.15, -0.1) is 0 Å². The SMILES string of the molecule is CN1CCC[C@]2(CO)CCN(c3cc(N4CCC(O)CC4)ncn3)C[C@@H]12. The Kier molecular flexibility index (Phi) is 5.03. The summed E-state index contributed by atoms with van der Waals surface area (Å²) in [5.74, 6) is 1.93. The fraction of sp³-hybridized carbons (Fsp3) is 0.789. The number of likely N-dealkylation sites (tertiary alicyclic amines) is 1. The van der Waals surface area contributed by atoms with Crippen molar-refractivity contribution < 1.29 is 10.2 Å². The Labute approximate surface area is 155 Å². The first-order chi connectivity index (χ1) is 12.6. The molecule has 0 saturated carbocycles. The number of nitrogens with zero attached hydrogens (tertiary/aromatic N) is 5. The van der Waals surface area contributed by atoms with Gasteiger partial charge in [-0.1, -0.05) is 0 Å². The molecule has 1 aromatic rings. The van der Waals surface area contributed by atoms with Gasteiger partial charge >= 0.3 is 0 Å². The van der Waals surface area contributed by atoms with Crippen molar-refractivity contribution in [2.75, 3.05) is 56.2 Å². The maximum atomic E-state index is 10.1. The molecule has 0 radical (unpaired) electrons. The number of hydrogen-bond acceptors (Lipinski definition) is 7. The molecule has 3 aliphatic rings. The van der Waals surface area contributed by atoms with Crippen LogP contribution in [0.15, 0.2) is 12.4 Å². The number of aliphatic hydroxyl groups excluding tert-OH is 2. The zero-order chi connectivity index (χ0) is 18.1. The van der Waals surface area contributed by atoms with E-state index in [1.807, 2.05) is 0 Å². The van der Waals surface area contributed by atoms with Gasteiger partial charge in [0.1, 0.15) is 18.0 Å². The molecule has 0 amide bonds. The molecule has 3 fully saturated rings. The van der Waals surface area contributed by atoms with E-state index in [4.69, 9.17) is 0 Å². The highest BCUT2D eigenvalue weighted by atomic mass is 16.3. The summed E-state index contributed by atoms with van der Waals surface area (Å²) in [5.41, 5.74) is 0.0440. The average molecular weight is 361 g/mol. The molecule has 0 bridgehead atoms. The van der Waals surface area contributed by atoms with Crippen LogP contribution in [0.5, 0.6) is 0 Å². The lowest BCUT2D eigenvalue weighted by atomic mass is 9.69. The zero-order valence-electron chi connectivity index (χ0n) is 15.7. The number of anilines is 2. The van der Waals surface area contributed by atoms with Crippen LogP contribution in [-0.4, -0.2) is 83.6 Å². The smallest absolute Gasteiger partial charge is 0.134 e. The van der Waals surface area contributed by atoms with Gasteiger partial charge in [0.25, 0.3) is 0 Å². The first kappa shape index (κ1) is 17.9. The van der Waals surface area contributed by atoms with Crippen LogP contribution in [-0.2, 0) is 0 Å². The van der Waals surface area contributed by atoms with Crippen molar-refractivity contribution in [3.8, 4) is 0 Å². The lowest BCUT2D eigenvalue weighted by molar-refractivity contribution is -0.0277. The molecule has 2 atom stereocenters. The summed E-state index contributed by atoms with van der Waals surface area (Å²) in [4.78, 5) is 16.0. The molecular formula is C19H31N5O2. The van der Waals surface area contributed by atoms with Crippen molar-refractivity contribution in [2.45, 2.75) is 44.2 Å². The fourth-order valence-corrected chi connectivity index (χ4v) is 5.00. The predicted molar refractivity (Wildman–Crippen MR) is 101 cm³/mol. The Morgan fingerprint density at radius 3 is 2.54 bits per heavy atom. The van der Waals surface area contributed by atoms with E-state index >= 15 is 0 Å². The van der Waals surface area contributed by atoms with Gasteiger partial charge in [-0.05, 0) is 45.7 Å². The standard InChI is InChI=1S/C19H31N5O2/c1-22-7-2-5-19(13-25)6-10-24(12-16(19)22)18-11-17(20-14-21-18)23-8-3-15(26)4-9-23/h11,14-16,25-26H,2-10,12-13H2,1H3/t16-,19-/m1/s1. The van der Waals surface area contributed by atoms with Crippen molar-refractivity contribution >= 4 is 11.6 Å². The first-order valence-electron chi connectivity index (χ1n) is 9.92. The first-order valence-corrected chi connectivity index (χ1v) is 9.92. The third-order valence-corrected chi connectivity index (χ3v) is 6.76. The molecule has 0 aromatic carbocycles. The Morgan fingerprint density at radius 1 is 1.08 bits per heavy atom. The predicted octanol–water partition coefficient (Wildman–Crippen LogP) is 0.721. The van der Waals surface area contributed by atoms with Gasteiger partial charge in [-0.2, -0.15) is 0 Å². The fourth-order valence-electron chi connectivity index (χ4n) is 5.00. The molecule has 3 saturated heterocycles. The number of piperidine rings is 3. The largest absolute Gasteiger partial charge is 0.396 e. The van der Waals surface area contributed by atoms with Crippen LogP contribution < -0.4 is 9.80 Å². The molecular weight excluding hydrogens is 330 g/mol. The quantitative estimate of drug-likeness (QED) is 0.822. The Morgan fingerprint density at radius 2 is 1.81 bits per heavy atom. The molecule has 4 rings (SSSR count). The topological polar surface area (TPSA) is 76.0 Å². The maximum absolute atomic E-state index is 10.1. The van der Waals surface area contributed by atoms with Crippen LogP contribution in [0.3, 0.4) is 0 Å².